The lowest BCUT2D eigenvalue weighted by molar-refractivity contribution is 0.348. The summed E-state index contributed by atoms with van der Waals surface area (Å²) in [6.07, 6.45) is 5.62. The number of nitrogens with zero attached hydrogens (tertiary/aromatic N) is 1. The Hall–Kier alpha value is -1.06. The molecular weight excluding hydrogens is 248 g/mol. The van der Waals surface area contributed by atoms with Crippen molar-refractivity contribution in [1.82, 2.24) is 10.3 Å². The van der Waals surface area contributed by atoms with Crippen LogP contribution < -0.4 is 10.1 Å². The topological polar surface area (TPSA) is 34.1 Å². The fourth-order valence-electron chi connectivity index (χ4n) is 1.26. The molecule has 0 saturated carbocycles. The summed E-state index contributed by atoms with van der Waals surface area (Å²) in [5.74, 6) is 0.481. The molecule has 3 nitrogen and oxygen atoms in total. The van der Waals surface area contributed by atoms with Gasteiger partial charge in [0.25, 0.3) is 0 Å². The molecule has 4 heteroatoms. The molecule has 0 spiro atoms. The Morgan fingerprint density at radius 2 is 2.17 bits per heavy atom. The van der Waals surface area contributed by atoms with Crippen LogP contribution in [0.5, 0.6) is 5.88 Å². The summed E-state index contributed by atoms with van der Waals surface area (Å²) in [4.78, 5) is 4.22. The third kappa shape index (κ3) is 5.52. The van der Waals surface area contributed by atoms with Gasteiger partial charge in [0, 0.05) is 18.3 Å². The lowest BCUT2D eigenvalue weighted by Crippen LogP contribution is -2.35. The molecule has 0 bridgehead atoms. The standard InChI is InChI=1S/C14H21ClN2O/c1-5-6-7-18-13-12(15)8-11(9-16-13)10-17-14(2,3)4/h5-6,8-9,17H,7,10H2,1-4H3. The fourth-order valence-corrected chi connectivity index (χ4v) is 1.50. The Morgan fingerprint density at radius 1 is 1.44 bits per heavy atom. The molecule has 0 amide bonds. The molecular formula is C14H21ClN2O. The second-order valence-electron chi connectivity index (χ2n) is 5.11. The van der Waals surface area contributed by atoms with Gasteiger partial charge >= 0.3 is 0 Å². The van der Waals surface area contributed by atoms with Gasteiger partial charge in [-0.2, -0.15) is 0 Å². The Bertz CT molecular complexity index is 411. The van der Waals surface area contributed by atoms with Crippen molar-refractivity contribution in [1.29, 1.82) is 0 Å². The highest BCUT2D eigenvalue weighted by atomic mass is 35.5. The minimum absolute atomic E-state index is 0.0770. The number of pyridine rings is 1. The number of rotatable bonds is 5. The summed E-state index contributed by atoms with van der Waals surface area (Å²) in [5, 5.41) is 3.94. The molecule has 1 rings (SSSR count). The van der Waals surface area contributed by atoms with E-state index in [1.165, 1.54) is 0 Å². The quantitative estimate of drug-likeness (QED) is 0.829. The van der Waals surface area contributed by atoms with Crippen LogP contribution >= 0.6 is 11.6 Å². The highest BCUT2D eigenvalue weighted by Gasteiger charge is 2.10. The summed E-state index contributed by atoms with van der Waals surface area (Å²) in [6.45, 7) is 9.54. The van der Waals surface area contributed by atoms with Gasteiger partial charge in [0.2, 0.25) is 5.88 Å². The first-order valence-corrected chi connectivity index (χ1v) is 6.43. The van der Waals surface area contributed by atoms with Crippen molar-refractivity contribution in [2.24, 2.45) is 0 Å². The summed E-state index contributed by atoms with van der Waals surface area (Å²) < 4.78 is 5.43. The van der Waals surface area contributed by atoms with Crippen molar-refractivity contribution in [3.63, 3.8) is 0 Å². The first-order chi connectivity index (χ1) is 8.42. The van der Waals surface area contributed by atoms with Crippen LogP contribution in [0.1, 0.15) is 33.3 Å². The summed E-state index contributed by atoms with van der Waals surface area (Å²) in [7, 11) is 0. The van der Waals surface area contributed by atoms with Gasteiger partial charge in [-0.3, -0.25) is 0 Å². The molecule has 0 aliphatic carbocycles. The number of halogens is 1. The lowest BCUT2D eigenvalue weighted by Gasteiger charge is -2.20. The van der Waals surface area contributed by atoms with E-state index in [1.807, 2.05) is 25.1 Å². The van der Waals surface area contributed by atoms with Gasteiger partial charge in [-0.1, -0.05) is 23.8 Å². The van der Waals surface area contributed by atoms with Crippen LogP contribution in [0.15, 0.2) is 24.4 Å². The predicted octanol–water partition coefficient (Wildman–Crippen LogP) is 3.58. The Labute approximate surface area is 114 Å². The second kappa shape index (κ2) is 6.76. The summed E-state index contributed by atoms with van der Waals surface area (Å²) >= 11 is 6.12. The van der Waals surface area contributed by atoms with Gasteiger partial charge in [0.1, 0.15) is 11.6 Å². The number of nitrogens with one attached hydrogen (secondary N) is 1. The number of ether oxygens (including phenoxy) is 1. The van der Waals surface area contributed by atoms with E-state index in [0.717, 1.165) is 12.1 Å². The third-order valence-electron chi connectivity index (χ3n) is 2.24. The first kappa shape index (κ1) is 15.0. The normalized spacial score (nSPS) is 12.1. The van der Waals surface area contributed by atoms with E-state index >= 15 is 0 Å². The highest BCUT2D eigenvalue weighted by Crippen LogP contribution is 2.22. The van der Waals surface area contributed by atoms with Crippen molar-refractivity contribution in [2.75, 3.05) is 6.61 Å². The highest BCUT2D eigenvalue weighted by molar-refractivity contribution is 6.31. The SMILES string of the molecule is CC=CCOc1ncc(CNC(C)(C)C)cc1Cl. The van der Waals surface area contributed by atoms with Crippen LogP contribution in [0.2, 0.25) is 5.02 Å². The average Bonchev–Trinajstić information content (AvgIpc) is 2.28. The Morgan fingerprint density at radius 3 is 2.72 bits per heavy atom. The van der Waals surface area contributed by atoms with E-state index in [9.17, 15) is 0 Å². The van der Waals surface area contributed by atoms with Crippen molar-refractivity contribution < 1.29 is 4.74 Å². The van der Waals surface area contributed by atoms with E-state index < -0.39 is 0 Å². The van der Waals surface area contributed by atoms with E-state index in [4.69, 9.17) is 16.3 Å². The maximum absolute atomic E-state index is 6.12. The maximum atomic E-state index is 6.12. The first-order valence-electron chi connectivity index (χ1n) is 6.06. The summed E-state index contributed by atoms with van der Waals surface area (Å²) in [6, 6.07) is 1.89. The van der Waals surface area contributed by atoms with Crippen LogP contribution in [0.25, 0.3) is 0 Å². The molecule has 1 aromatic heterocycles. The van der Waals surface area contributed by atoms with Gasteiger partial charge in [0.15, 0.2) is 0 Å². The van der Waals surface area contributed by atoms with Gasteiger partial charge in [0.05, 0.1) is 0 Å². The largest absolute Gasteiger partial charge is 0.472 e. The number of aromatic nitrogens is 1. The molecule has 100 valence electrons. The van der Waals surface area contributed by atoms with Gasteiger partial charge < -0.3 is 10.1 Å². The minimum Gasteiger partial charge on any atom is -0.472 e. The number of allylic oxidation sites excluding steroid dienone is 1. The van der Waals surface area contributed by atoms with Crippen LogP contribution in [-0.4, -0.2) is 17.1 Å². The predicted molar refractivity (Wildman–Crippen MR) is 76.1 cm³/mol. The van der Waals surface area contributed by atoms with Crippen molar-refractivity contribution in [3.05, 3.63) is 35.0 Å². The van der Waals surface area contributed by atoms with E-state index in [-0.39, 0.29) is 5.54 Å². The zero-order valence-corrected chi connectivity index (χ0v) is 12.2. The van der Waals surface area contributed by atoms with E-state index in [0.29, 0.717) is 17.5 Å². The monoisotopic (exact) mass is 268 g/mol. The van der Waals surface area contributed by atoms with Crippen LogP contribution in [-0.2, 0) is 6.54 Å². The van der Waals surface area contributed by atoms with Gasteiger partial charge in [-0.15, -0.1) is 0 Å². The molecule has 18 heavy (non-hydrogen) atoms. The zero-order chi connectivity index (χ0) is 13.6. The maximum Gasteiger partial charge on any atom is 0.232 e. The minimum atomic E-state index is 0.0770. The average molecular weight is 269 g/mol. The van der Waals surface area contributed by atoms with Gasteiger partial charge in [-0.25, -0.2) is 4.98 Å². The number of hydrogen-bond donors (Lipinski definition) is 1. The van der Waals surface area contributed by atoms with E-state index in [2.05, 4.69) is 31.1 Å². The second-order valence-corrected chi connectivity index (χ2v) is 5.52. The molecule has 0 aromatic carbocycles. The Balaban J connectivity index is 2.61. The van der Waals surface area contributed by atoms with Crippen LogP contribution in [0, 0.1) is 0 Å². The molecule has 0 atom stereocenters. The molecule has 0 aliphatic rings. The van der Waals surface area contributed by atoms with E-state index in [1.54, 1.807) is 6.20 Å². The Kier molecular flexibility index (Phi) is 5.63. The fraction of sp³-hybridized carbons (Fsp3) is 0.500. The number of hydrogen-bond acceptors (Lipinski definition) is 3. The van der Waals surface area contributed by atoms with Crippen molar-refractivity contribution >= 4 is 11.6 Å². The molecule has 1 heterocycles. The lowest BCUT2D eigenvalue weighted by atomic mass is 10.1. The van der Waals surface area contributed by atoms with Crippen molar-refractivity contribution in [3.8, 4) is 5.88 Å². The molecule has 0 radical (unpaired) electrons. The molecule has 0 saturated heterocycles. The molecule has 0 aliphatic heterocycles. The molecule has 1 N–H and O–H groups in total. The van der Waals surface area contributed by atoms with Gasteiger partial charge in [-0.05, 0) is 39.3 Å². The summed E-state index contributed by atoms with van der Waals surface area (Å²) in [5.41, 5.74) is 1.13. The smallest absolute Gasteiger partial charge is 0.232 e. The third-order valence-corrected chi connectivity index (χ3v) is 2.51. The molecule has 0 fully saturated rings. The molecule has 0 unspecified atom stereocenters. The van der Waals surface area contributed by atoms with Crippen LogP contribution in [0.3, 0.4) is 0 Å². The van der Waals surface area contributed by atoms with Crippen molar-refractivity contribution in [2.45, 2.75) is 39.8 Å². The zero-order valence-electron chi connectivity index (χ0n) is 11.5. The van der Waals surface area contributed by atoms with Crippen LogP contribution in [0.4, 0.5) is 0 Å². The molecule has 1 aromatic rings.